The number of nitrogens with zero attached hydrogens (tertiary/aromatic N) is 1. The van der Waals surface area contributed by atoms with Gasteiger partial charge in [0.05, 0.1) is 17.9 Å². The molecular weight excluding hydrogens is 432 g/mol. The van der Waals surface area contributed by atoms with E-state index in [-0.39, 0.29) is 25.3 Å². The number of benzene rings is 2. The van der Waals surface area contributed by atoms with Gasteiger partial charge in [0.25, 0.3) is 5.91 Å². The fourth-order valence-electron chi connectivity index (χ4n) is 4.15. The van der Waals surface area contributed by atoms with Crippen LogP contribution in [0.25, 0.3) is 10.9 Å². The van der Waals surface area contributed by atoms with Crippen LogP contribution in [0.3, 0.4) is 0 Å². The van der Waals surface area contributed by atoms with Crippen LogP contribution in [0.2, 0.25) is 5.02 Å². The summed E-state index contributed by atoms with van der Waals surface area (Å²) in [6.07, 6.45) is -3.27. The number of ketones is 1. The van der Waals surface area contributed by atoms with Crippen molar-refractivity contribution >= 4 is 34.2 Å². The van der Waals surface area contributed by atoms with Crippen molar-refractivity contribution in [3.63, 3.8) is 0 Å². The summed E-state index contributed by atoms with van der Waals surface area (Å²) < 4.78 is 0. The van der Waals surface area contributed by atoms with Gasteiger partial charge in [0.1, 0.15) is 6.10 Å². The van der Waals surface area contributed by atoms with Crippen LogP contribution in [-0.2, 0) is 11.2 Å². The van der Waals surface area contributed by atoms with Gasteiger partial charge in [0.2, 0.25) is 0 Å². The monoisotopic (exact) mass is 456 g/mol. The maximum Gasteiger partial charge on any atom is 0.251 e. The van der Waals surface area contributed by atoms with E-state index in [0.717, 1.165) is 16.5 Å². The predicted octanol–water partition coefficient (Wildman–Crippen LogP) is 2.18. The number of nitrogens with one attached hydrogen (secondary N) is 1. The van der Waals surface area contributed by atoms with Crippen molar-refractivity contribution < 1.29 is 24.9 Å². The van der Waals surface area contributed by atoms with Crippen molar-refractivity contribution in [3.8, 4) is 0 Å². The highest BCUT2D eigenvalue weighted by molar-refractivity contribution is 6.31. The van der Waals surface area contributed by atoms with Crippen molar-refractivity contribution in [1.29, 1.82) is 0 Å². The summed E-state index contributed by atoms with van der Waals surface area (Å²) in [6.45, 7) is -0.0995. The van der Waals surface area contributed by atoms with Gasteiger partial charge in [0, 0.05) is 41.4 Å². The molecule has 0 radical (unpaired) electrons. The van der Waals surface area contributed by atoms with E-state index in [9.17, 15) is 24.9 Å². The van der Waals surface area contributed by atoms with Crippen LogP contribution >= 0.6 is 11.6 Å². The van der Waals surface area contributed by atoms with Gasteiger partial charge in [-0.3, -0.25) is 9.59 Å². The number of β-amino-alcohol motifs (C(OH)–C–C–N with tert-alkyl or cyclic N) is 2. The van der Waals surface area contributed by atoms with E-state index in [4.69, 9.17) is 11.6 Å². The smallest absolute Gasteiger partial charge is 0.251 e. The Balaban J connectivity index is 1.55. The lowest BCUT2D eigenvalue weighted by Gasteiger charge is -2.26. The van der Waals surface area contributed by atoms with Gasteiger partial charge >= 0.3 is 0 Å². The molecule has 1 aliphatic heterocycles. The van der Waals surface area contributed by atoms with Crippen LogP contribution in [0.15, 0.2) is 54.6 Å². The van der Waals surface area contributed by atoms with E-state index in [1.54, 1.807) is 24.3 Å². The van der Waals surface area contributed by atoms with Crippen molar-refractivity contribution in [3.05, 3.63) is 70.9 Å². The minimum atomic E-state index is -1.45. The molecule has 4 atom stereocenters. The molecule has 2 aromatic carbocycles. The lowest BCUT2D eigenvalue weighted by atomic mass is 9.88. The molecule has 0 saturated carbocycles. The van der Waals surface area contributed by atoms with Crippen LogP contribution in [0.1, 0.15) is 22.5 Å². The molecule has 168 valence electrons. The second kappa shape index (κ2) is 9.42. The Morgan fingerprint density at radius 3 is 2.44 bits per heavy atom. The fraction of sp³-hybridized carbons (Fsp3) is 0.333. The molecule has 4 rings (SSSR count). The Morgan fingerprint density at radius 2 is 1.75 bits per heavy atom. The van der Waals surface area contributed by atoms with Gasteiger partial charge in [0.15, 0.2) is 5.78 Å². The number of carbonyl (C=O) groups is 2. The van der Waals surface area contributed by atoms with Crippen LogP contribution in [-0.4, -0.2) is 68.3 Å². The summed E-state index contributed by atoms with van der Waals surface area (Å²) in [5.74, 6) is -1.51. The first-order valence-corrected chi connectivity index (χ1v) is 10.9. The van der Waals surface area contributed by atoms with Crippen LogP contribution in [0.4, 0.5) is 0 Å². The molecule has 1 fully saturated rings. The molecular formula is C24H25ClN2O5. The van der Waals surface area contributed by atoms with Crippen LogP contribution in [0.5, 0.6) is 0 Å². The first-order chi connectivity index (χ1) is 15.3. The highest BCUT2D eigenvalue weighted by Gasteiger charge is 2.38. The van der Waals surface area contributed by atoms with Crippen molar-refractivity contribution in [2.24, 2.45) is 5.92 Å². The number of likely N-dealkylation sites (tertiary alicyclic amines) is 1. The average Bonchev–Trinajstić information content (AvgIpc) is 3.35. The second-order valence-electron chi connectivity index (χ2n) is 8.31. The number of halogens is 1. The summed E-state index contributed by atoms with van der Waals surface area (Å²) >= 11 is 6.03. The lowest BCUT2D eigenvalue weighted by Crippen LogP contribution is -2.43. The zero-order chi connectivity index (χ0) is 22.8. The van der Waals surface area contributed by atoms with Crippen molar-refractivity contribution in [2.75, 3.05) is 13.1 Å². The van der Waals surface area contributed by atoms with Gasteiger partial charge in [-0.1, -0.05) is 41.9 Å². The van der Waals surface area contributed by atoms with Gasteiger partial charge in [-0.15, -0.1) is 0 Å². The van der Waals surface area contributed by atoms with E-state index < -0.39 is 30.1 Å². The minimum Gasteiger partial charge on any atom is -0.388 e. The molecule has 2 heterocycles. The Morgan fingerprint density at radius 1 is 1.06 bits per heavy atom. The molecule has 32 heavy (non-hydrogen) atoms. The van der Waals surface area contributed by atoms with Crippen LogP contribution in [0, 0.1) is 5.92 Å². The number of carbonyl (C=O) groups excluding carboxylic acids is 2. The number of aromatic nitrogens is 1. The van der Waals surface area contributed by atoms with E-state index in [2.05, 4.69) is 4.98 Å². The minimum absolute atomic E-state index is 0.0498. The third-order valence-corrected chi connectivity index (χ3v) is 6.18. The van der Waals surface area contributed by atoms with Gasteiger partial charge in [-0.2, -0.15) is 0 Å². The van der Waals surface area contributed by atoms with Crippen molar-refractivity contribution in [2.45, 2.75) is 31.2 Å². The zero-order valence-electron chi connectivity index (χ0n) is 17.3. The molecule has 3 aromatic rings. The molecule has 0 aliphatic carbocycles. The summed E-state index contributed by atoms with van der Waals surface area (Å²) in [4.78, 5) is 30.3. The summed E-state index contributed by atoms with van der Waals surface area (Å²) in [5, 5.41) is 31.8. The van der Waals surface area contributed by atoms with E-state index in [0.29, 0.717) is 17.1 Å². The van der Waals surface area contributed by atoms with Gasteiger partial charge in [-0.05, 0) is 36.2 Å². The molecule has 1 aliphatic rings. The van der Waals surface area contributed by atoms with Crippen LogP contribution < -0.4 is 0 Å². The maximum atomic E-state index is 13.1. The SMILES string of the molecule is O=C(C[C@H](Cc1ccccc1)[C@H](O)C(=O)N1C[C@@H](O)[C@@H](O)C1)c1cc2cc(Cl)ccc2[nH]1. The topological polar surface area (TPSA) is 114 Å². The molecule has 7 nitrogen and oxygen atoms in total. The zero-order valence-corrected chi connectivity index (χ0v) is 18.1. The first kappa shape index (κ1) is 22.5. The van der Waals surface area contributed by atoms with E-state index >= 15 is 0 Å². The number of amides is 1. The number of H-pyrrole nitrogens is 1. The molecule has 4 N–H and O–H groups in total. The maximum absolute atomic E-state index is 13.1. The number of fused-ring (bicyclic) bond motifs is 1. The first-order valence-electron chi connectivity index (χ1n) is 10.5. The molecule has 0 bridgehead atoms. The largest absolute Gasteiger partial charge is 0.388 e. The summed E-state index contributed by atoms with van der Waals surface area (Å²) in [5.41, 5.74) is 2.04. The average molecular weight is 457 g/mol. The number of aliphatic hydroxyl groups is 3. The summed E-state index contributed by atoms with van der Waals surface area (Å²) in [6, 6.07) is 16.3. The lowest BCUT2D eigenvalue weighted by molar-refractivity contribution is -0.142. The normalized spacial score (nSPS) is 20.4. The number of rotatable bonds is 7. The number of aliphatic hydroxyl groups excluding tert-OH is 3. The Bertz CT molecular complexity index is 1110. The highest BCUT2D eigenvalue weighted by atomic mass is 35.5. The predicted molar refractivity (Wildman–Crippen MR) is 120 cm³/mol. The highest BCUT2D eigenvalue weighted by Crippen LogP contribution is 2.25. The standard InChI is InChI=1S/C24H25ClN2O5/c25-17-6-7-18-15(9-17)10-19(26-18)20(28)11-16(8-14-4-2-1-3-5-14)23(31)24(32)27-12-21(29)22(30)13-27/h1-7,9-10,16,21-23,26,29-31H,8,11-13H2/t16-,21-,22+,23-/m0/s1. The van der Waals surface area contributed by atoms with Crippen molar-refractivity contribution in [1.82, 2.24) is 9.88 Å². The quantitative estimate of drug-likeness (QED) is 0.407. The third-order valence-electron chi connectivity index (χ3n) is 5.94. The Kier molecular flexibility index (Phi) is 6.62. The number of hydrogen-bond donors (Lipinski definition) is 4. The van der Waals surface area contributed by atoms with Gasteiger partial charge < -0.3 is 25.2 Å². The van der Waals surface area contributed by atoms with E-state index in [1.165, 1.54) is 4.90 Å². The van der Waals surface area contributed by atoms with E-state index in [1.807, 2.05) is 30.3 Å². The fourth-order valence-corrected chi connectivity index (χ4v) is 4.33. The number of Topliss-reactive ketones (excluding diaryl/α,β-unsaturated/α-hetero) is 1. The Hall–Kier alpha value is -2.71. The molecule has 1 saturated heterocycles. The number of aromatic amines is 1. The second-order valence-corrected chi connectivity index (χ2v) is 8.75. The summed E-state index contributed by atoms with van der Waals surface area (Å²) in [7, 11) is 0. The third kappa shape index (κ3) is 4.86. The Labute approximate surface area is 190 Å². The molecule has 1 amide bonds. The number of hydrogen-bond acceptors (Lipinski definition) is 5. The molecule has 1 aromatic heterocycles. The molecule has 8 heteroatoms. The molecule has 0 spiro atoms. The molecule has 0 unspecified atom stereocenters. The van der Waals surface area contributed by atoms with Gasteiger partial charge in [-0.25, -0.2) is 0 Å².